The third-order valence-corrected chi connectivity index (χ3v) is 5.66. The van der Waals surface area contributed by atoms with Gasteiger partial charge in [-0.1, -0.05) is 5.16 Å². The predicted molar refractivity (Wildman–Crippen MR) is 120 cm³/mol. The average Bonchev–Trinajstić information content (AvgIpc) is 3.25. The molecule has 1 saturated heterocycles. The minimum Gasteiger partial charge on any atom is -0.492 e. The van der Waals surface area contributed by atoms with Gasteiger partial charge in [0.1, 0.15) is 29.0 Å². The van der Waals surface area contributed by atoms with Crippen molar-refractivity contribution in [3.63, 3.8) is 0 Å². The summed E-state index contributed by atoms with van der Waals surface area (Å²) in [6, 6.07) is 13.1. The van der Waals surface area contributed by atoms with E-state index >= 15 is 0 Å². The number of nitrogens with zero attached hydrogens (tertiary/aromatic N) is 4. The second-order valence-corrected chi connectivity index (χ2v) is 8.23. The highest BCUT2D eigenvalue weighted by Crippen LogP contribution is 2.24. The zero-order valence-electron chi connectivity index (χ0n) is 18.1. The Morgan fingerprint density at radius 2 is 2.00 bits per heavy atom. The van der Waals surface area contributed by atoms with Gasteiger partial charge in [0, 0.05) is 37.4 Å². The van der Waals surface area contributed by atoms with Crippen LogP contribution in [0.5, 0.6) is 5.75 Å². The van der Waals surface area contributed by atoms with E-state index in [-0.39, 0.29) is 12.2 Å². The molecule has 1 N–H and O–H groups in total. The number of morpholine rings is 1. The molecule has 0 bridgehead atoms. The van der Waals surface area contributed by atoms with Crippen molar-refractivity contribution >= 4 is 16.5 Å². The number of ether oxygens (including phenoxy) is 2. The third-order valence-electron chi connectivity index (χ3n) is 5.66. The van der Waals surface area contributed by atoms with Gasteiger partial charge >= 0.3 is 0 Å². The molecule has 3 aromatic heterocycles. The molecule has 5 rings (SSSR count). The zero-order chi connectivity index (χ0) is 22.1. The Kier molecular flexibility index (Phi) is 5.55. The summed E-state index contributed by atoms with van der Waals surface area (Å²) in [6.45, 7) is 7.39. The van der Waals surface area contributed by atoms with Crippen LogP contribution in [0.25, 0.3) is 27.9 Å². The second-order valence-electron chi connectivity index (χ2n) is 8.23. The summed E-state index contributed by atoms with van der Waals surface area (Å²) in [5.41, 5.74) is 2.26. The SMILES string of the molecule is CC1CN(CCOc2ccc3oc(-c4cc5cccn5cn4)c/c(=N\O)c3c2)C[C@H](C)O1. The lowest BCUT2D eigenvalue weighted by Gasteiger charge is -2.35. The summed E-state index contributed by atoms with van der Waals surface area (Å²) in [5.74, 6) is 1.23. The van der Waals surface area contributed by atoms with Gasteiger partial charge in [0.2, 0.25) is 0 Å². The van der Waals surface area contributed by atoms with Gasteiger partial charge in [0.15, 0.2) is 5.76 Å². The summed E-state index contributed by atoms with van der Waals surface area (Å²) in [4.78, 5) is 6.80. The van der Waals surface area contributed by atoms with Crippen LogP contribution < -0.4 is 10.1 Å². The van der Waals surface area contributed by atoms with E-state index in [0.29, 0.717) is 40.1 Å². The first-order valence-electron chi connectivity index (χ1n) is 10.8. The van der Waals surface area contributed by atoms with E-state index in [1.165, 1.54) is 0 Å². The van der Waals surface area contributed by atoms with E-state index in [4.69, 9.17) is 13.9 Å². The molecule has 4 heterocycles. The van der Waals surface area contributed by atoms with Gasteiger partial charge in [-0.2, -0.15) is 0 Å². The molecule has 32 heavy (non-hydrogen) atoms. The van der Waals surface area contributed by atoms with Gasteiger partial charge in [-0.25, -0.2) is 4.98 Å². The lowest BCUT2D eigenvalue weighted by atomic mass is 10.2. The predicted octanol–water partition coefficient (Wildman–Crippen LogP) is 3.53. The molecule has 1 aliphatic heterocycles. The van der Waals surface area contributed by atoms with Crippen LogP contribution in [0.3, 0.4) is 0 Å². The lowest BCUT2D eigenvalue weighted by Crippen LogP contribution is -2.46. The highest BCUT2D eigenvalue weighted by molar-refractivity contribution is 5.80. The summed E-state index contributed by atoms with van der Waals surface area (Å²) < 4.78 is 19.8. The van der Waals surface area contributed by atoms with Gasteiger partial charge < -0.3 is 23.5 Å². The smallest absolute Gasteiger partial charge is 0.155 e. The van der Waals surface area contributed by atoms with E-state index in [2.05, 4.69) is 28.9 Å². The van der Waals surface area contributed by atoms with Gasteiger partial charge in [-0.3, -0.25) is 4.90 Å². The molecule has 166 valence electrons. The van der Waals surface area contributed by atoms with Crippen molar-refractivity contribution in [1.29, 1.82) is 0 Å². The van der Waals surface area contributed by atoms with Crippen LogP contribution >= 0.6 is 0 Å². The average molecular weight is 434 g/mol. The third kappa shape index (κ3) is 4.19. The minimum absolute atomic E-state index is 0.233. The Morgan fingerprint density at radius 1 is 1.16 bits per heavy atom. The number of aromatic nitrogens is 2. The Hall–Kier alpha value is -3.36. The largest absolute Gasteiger partial charge is 0.492 e. The van der Waals surface area contributed by atoms with E-state index in [9.17, 15) is 5.21 Å². The molecule has 1 unspecified atom stereocenters. The maximum Gasteiger partial charge on any atom is 0.155 e. The lowest BCUT2D eigenvalue weighted by molar-refractivity contribution is -0.0699. The molecule has 8 nitrogen and oxygen atoms in total. The van der Waals surface area contributed by atoms with Crippen molar-refractivity contribution in [2.75, 3.05) is 26.2 Å². The number of fused-ring (bicyclic) bond motifs is 2. The van der Waals surface area contributed by atoms with Crippen molar-refractivity contribution in [1.82, 2.24) is 14.3 Å². The molecule has 1 fully saturated rings. The van der Waals surface area contributed by atoms with E-state index in [0.717, 1.165) is 25.2 Å². The van der Waals surface area contributed by atoms with Crippen LogP contribution in [-0.4, -0.2) is 57.9 Å². The second kappa shape index (κ2) is 8.64. The fraction of sp³-hybridized carbons (Fsp3) is 0.333. The van der Waals surface area contributed by atoms with E-state index < -0.39 is 0 Å². The van der Waals surface area contributed by atoms with Crippen LogP contribution in [-0.2, 0) is 4.74 Å². The van der Waals surface area contributed by atoms with Crippen molar-refractivity contribution < 1.29 is 19.1 Å². The minimum atomic E-state index is 0.233. The number of hydrogen-bond donors (Lipinski definition) is 1. The van der Waals surface area contributed by atoms with E-state index in [1.54, 1.807) is 12.4 Å². The zero-order valence-corrected chi connectivity index (χ0v) is 18.1. The molecule has 2 atom stereocenters. The van der Waals surface area contributed by atoms with Crippen molar-refractivity contribution in [3.8, 4) is 17.2 Å². The first-order valence-corrected chi connectivity index (χ1v) is 10.8. The normalized spacial score (nSPS) is 20.2. The standard InChI is InChI=1S/C24H26N4O4/c1-16-13-27(14-17(2)31-16)8-9-30-19-5-6-23-20(11-19)21(26-29)12-24(32-23)22-10-18-4-3-7-28(18)15-25-22/h3-7,10-12,15-17,29H,8-9,13-14H2,1-2H3/b26-21+/t16-,17?/m0/s1. The Bertz CT molecular complexity index is 1300. The molecule has 0 saturated carbocycles. The summed E-state index contributed by atoms with van der Waals surface area (Å²) >= 11 is 0. The molecule has 1 aliphatic rings. The van der Waals surface area contributed by atoms with Gasteiger partial charge in [0.05, 0.1) is 23.9 Å². The summed E-state index contributed by atoms with van der Waals surface area (Å²) in [5, 5.41) is 14.2. The Balaban J connectivity index is 1.36. The molecule has 4 aromatic rings. The molecular weight excluding hydrogens is 408 g/mol. The Morgan fingerprint density at radius 3 is 2.81 bits per heavy atom. The monoisotopic (exact) mass is 434 g/mol. The summed E-state index contributed by atoms with van der Waals surface area (Å²) in [7, 11) is 0. The van der Waals surface area contributed by atoms with Gasteiger partial charge in [0.25, 0.3) is 0 Å². The fourth-order valence-corrected chi connectivity index (χ4v) is 4.28. The quantitative estimate of drug-likeness (QED) is 0.382. The van der Waals surface area contributed by atoms with Crippen molar-refractivity contribution in [3.05, 3.63) is 60.3 Å². The first kappa shape index (κ1) is 20.5. The van der Waals surface area contributed by atoms with Crippen molar-refractivity contribution in [2.24, 2.45) is 5.16 Å². The van der Waals surface area contributed by atoms with Crippen LogP contribution in [0, 0.1) is 0 Å². The topological polar surface area (TPSA) is 84.7 Å². The fourth-order valence-electron chi connectivity index (χ4n) is 4.28. The molecule has 0 spiro atoms. The Labute approximate surface area is 185 Å². The molecule has 0 radical (unpaired) electrons. The van der Waals surface area contributed by atoms with Crippen LogP contribution in [0.4, 0.5) is 0 Å². The number of hydrogen-bond acceptors (Lipinski definition) is 7. The van der Waals surface area contributed by atoms with Crippen LogP contribution in [0.2, 0.25) is 0 Å². The van der Waals surface area contributed by atoms with Crippen LogP contribution in [0.1, 0.15) is 13.8 Å². The molecule has 8 heteroatoms. The molecule has 1 aromatic carbocycles. The maximum atomic E-state index is 9.63. The van der Waals surface area contributed by atoms with Gasteiger partial charge in [-0.15, -0.1) is 0 Å². The highest BCUT2D eigenvalue weighted by Gasteiger charge is 2.21. The molecule has 0 aliphatic carbocycles. The number of benzene rings is 1. The van der Waals surface area contributed by atoms with Crippen molar-refractivity contribution in [2.45, 2.75) is 26.1 Å². The van der Waals surface area contributed by atoms with E-state index in [1.807, 2.05) is 47.0 Å². The molecule has 0 amide bonds. The van der Waals surface area contributed by atoms with Gasteiger partial charge in [-0.05, 0) is 50.2 Å². The molecular formula is C24H26N4O4. The maximum absolute atomic E-state index is 9.63. The highest BCUT2D eigenvalue weighted by atomic mass is 16.5. The number of rotatable bonds is 5. The van der Waals surface area contributed by atoms with Crippen LogP contribution in [0.15, 0.2) is 64.6 Å². The summed E-state index contributed by atoms with van der Waals surface area (Å²) in [6.07, 6.45) is 4.13. The first-order chi connectivity index (χ1) is 15.6.